The van der Waals surface area contributed by atoms with Crippen LogP contribution < -0.4 is 16.4 Å². The lowest BCUT2D eigenvalue weighted by Gasteiger charge is -2.07. The van der Waals surface area contributed by atoms with Crippen molar-refractivity contribution >= 4 is 17.4 Å². The zero-order chi connectivity index (χ0) is 12.1. The molecule has 1 aromatic carbocycles. The van der Waals surface area contributed by atoms with Crippen molar-refractivity contribution in [3.05, 3.63) is 48.3 Å². The van der Waals surface area contributed by atoms with Gasteiger partial charge in [0, 0.05) is 23.3 Å². The van der Waals surface area contributed by atoms with Gasteiger partial charge in [-0.05, 0) is 30.3 Å². The van der Waals surface area contributed by atoms with E-state index in [-0.39, 0.29) is 0 Å². The monoisotopic (exact) mass is 230 g/mol. The van der Waals surface area contributed by atoms with Gasteiger partial charge in [-0.1, -0.05) is 6.07 Å². The average Bonchev–Trinajstić information content (AvgIpc) is 2.79. The van der Waals surface area contributed by atoms with Gasteiger partial charge in [-0.15, -0.1) is 0 Å². The first kappa shape index (κ1) is 11.1. The minimum atomic E-state index is -0.563. The average molecular weight is 230 g/mol. The summed E-state index contributed by atoms with van der Waals surface area (Å²) in [5, 5.41) is 5.77. The van der Waals surface area contributed by atoms with Crippen LogP contribution in [0, 0.1) is 0 Å². The molecule has 5 N–H and O–H groups in total. The van der Waals surface area contributed by atoms with Crippen LogP contribution in [0.15, 0.2) is 42.6 Å². The van der Waals surface area contributed by atoms with Crippen molar-refractivity contribution < 1.29 is 4.79 Å². The lowest BCUT2D eigenvalue weighted by atomic mass is 10.2. The van der Waals surface area contributed by atoms with Crippen molar-refractivity contribution in [2.24, 2.45) is 5.73 Å². The molecule has 5 heteroatoms. The van der Waals surface area contributed by atoms with Crippen molar-refractivity contribution in [2.45, 2.75) is 6.54 Å². The summed E-state index contributed by atoms with van der Waals surface area (Å²) in [4.78, 5) is 13.8. The summed E-state index contributed by atoms with van der Waals surface area (Å²) in [7, 11) is 0. The number of primary amides is 1. The molecule has 1 heterocycles. The molecule has 0 saturated carbocycles. The molecule has 0 atom stereocenters. The minimum Gasteiger partial charge on any atom is -0.379 e. The highest BCUT2D eigenvalue weighted by molar-refractivity contribution is 5.88. The molecular formula is C12H14N4O. The van der Waals surface area contributed by atoms with E-state index in [1.807, 2.05) is 36.5 Å². The molecule has 0 spiro atoms. The summed E-state index contributed by atoms with van der Waals surface area (Å²) in [6.45, 7) is 0.701. The van der Waals surface area contributed by atoms with Gasteiger partial charge in [0.15, 0.2) is 0 Å². The van der Waals surface area contributed by atoms with Crippen LogP contribution in [0.25, 0.3) is 0 Å². The van der Waals surface area contributed by atoms with Gasteiger partial charge in [0.2, 0.25) is 0 Å². The van der Waals surface area contributed by atoms with Crippen molar-refractivity contribution in [3.8, 4) is 0 Å². The Labute approximate surface area is 99.0 Å². The number of rotatable bonds is 4. The number of nitrogens with one attached hydrogen (secondary N) is 3. The minimum absolute atomic E-state index is 0.563. The maximum atomic E-state index is 10.7. The van der Waals surface area contributed by atoms with Crippen LogP contribution in [-0.2, 0) is 6.54 Å². The first-order valence-electron chi connectivity index (χ1n) is 5.27. The summed E-state index contributed by atoms with van der Waals surface area (Å²) in [5.41, 5.74) is 7.74. The van der Waals surface area contributed by atoms with Gasteiger partial charge in [0.25, 0.3) is 0 Å². The van der Waals surface area contributed by atoms with Gasteiger partial charge >= 0.3 is 6.03 Å². The molecule has 2 rings (SSSR count). The number of hydrogen-bond acceptors (Lipinski definition) is 2. The summed E-state index contributed by atoms with van der Waals surface area (Å²) in [6, 6.07) is 10.8. The van der Waals surface area contributed by atoms with Gasteiger partial charge in [-0.25, -0.2) is 4.79 Å². The molecule has 0 fully saturated rings. The summed E-state index contributed by atoms with van der Waals surface area (Å²) in [6.07, 6.45) is 1.88. The molecular weight excluding hydrogens is 216 g/mol. The second kappa shape index (κ2) is 5.07. The second-order valence-electron chi connectivity index (χ2n) is 3.62. The third-order valence-electron chi connectivity index (χ3n) is 2.28. The van der Waals surface area contributed by atoms with E-state index < -0.39 is 6.03 Å². The van der Waals surface area contributed by atoms with Gasteiger partial charge in [0.1, 0.15) is 0 Å². The zero-order valence-electron chi connectivity index (χ0n) is 9.23. The van der Waals surface area contributed by atoms with Crippen LogP contribution in [0.1, 0.15) is 5.69 Å². The number of aromatic amines is 1. The Hall–Kier alpha value is -2.43. The number of urea groups is 1. The van der Waals surface area contributed by atoms with E-state index in [1.165, 1.54) is 0 Å². The molecule has 0 aliphatic heterocycles. The van der Waals surface area contributed by atoms with E-state index >= 15 is 0 Å². The van der Waals surface area contributed by atoms with Crippen LogP contribution in [0.4, 0.5) is 16.2 Å². The lowest BCUT2D eigenvalue weighted by molar-refractivity contribution is 0.259. The molecule has 0 aliphatic carbocycles. The smallest absolute Gasteiger partial charge is 0.316 e. The van der Waals surface area contributed by atoms with Crippen LogP contribution in [0.2, 0.25) is 0 Å². The Morgan fingerprint density at radius 1 is 1.24 bits per heavy atom. The number of carbonyl (C=O) groups excluding carboxylic acids is 1. The number of nitrogens with two attached hydrogens (primary N) is 1. The summed E-state index contributed by atoms with van der Waals surface area (Å²) < 4.78 is 0. The number of benzene rings is 1. The quantitative estimate of drug-likeness (QED) is 0.648. The molecule has 17 heavy (non-hydrogen) atoms. The van der Waals surface area contributed by atoms with Crippen molar-refractivity contribution in [1.29, 1.82) is 0 Å². The fourth-order valence-corrected chi connectivity index (χ4v) is 1.52. The zero-order valence-corrected chi connectivity index (χ0v) is 9.23. The number of anilines is 2. The first-order chi connectivity index (χ1) is 8.24. The second-order valence-corrected chi connectivity index (χ2v) is 3.62. The van der Waals surface area contributed by atoms with Crippen LogP contribution >= 0.6 is 0 Å². The van der Waals surface area contributed by atoms with E-state index in [4.69, 9.17) is 5.73 Å². The van der Waals surface area contributed by atoms with Gasteiger partial charge in [-0.3, -0.25) is 0 Å². The number of amides is 2. The van der Waals surface area contributed by atoms with E-state index in [2.05, 4.69) is 15.6 Å². The Bertz CT molecular complexity index is 493. The molecule has 1 aromatic heterocycles. The molecule has 5 nitrogen and oxygen atoms in total. The molecule has 88 valence electrons. The standard InChI is InChI=1S/C12H14N4O/c13-12(17)16-10-4-1-3-9(7-10)15-8-11-5-2-6-14-11/h1-7,14-15H,8H2,(H3,13,16,17). The van der Waals surface area contributed by atoms with E-state index in [9.17, 15) is 4.79 Å². The van der Waals surface area contributed by atoms with Gasteiger partial charge < -0.3 is 21.4 Å². The topological polar surface area (TPSA) is 82.9 Å². The highest BCUT2D eigenvalue weighted by Crippen LogP contribution is 2.15. The number of aromatic nitrogens is 1. The lowest BCUT2D eigenvalue weighted by Crippen LogP contribution is -2.19. The fourth-order valence-electron chi connectivity index (χ4n) is 1.52. The maximum Gasteiger partial charge on any atom is 0.316 e. The largest absolute Gasteiger partial charge is 0.379 e. The third kappa shape index (κ3) is 3.27. The molecule has 2 aromatic rings. The number of H-pyrrole nitrogens is 1. The Morgan fingerprint density at radius 3 is 2.76 bits per heavy atom. The molecule has 0 bridgehead atoms. The van der Waals surface area contributed by atoms with Crippen molar-refractivity contribution in [1.82, 2.24) is 4.98 Å². The maximum absolute atomic E-state index is 10.7. The van der Waals surface area contributed by atoms with E-state index in [0.29, 0.717) is 12.2 Å². The Balaban J connectivity index is 1.98. The normalized spacial score (nSPS) is 9.88. The molecule has 2 amide bonds. The number of carbonyl (C=O) groups is 1. The molecule has 0 aliphatic rings. The van der Waals surface area contributed by atoms with Crippen LogP contribution in [0.5, 0.6) is 0 Å². The number of hydrogen-bond donors (Lipinski definition) is 4. The highest BCUT2D eigenvalue weighted by Gasteiger charge is 1.98. The van der Waals surface area contributed by atoms with Crippen molar-refractivity contribution in [3.63, 3.8) is 0 Å². The van der Waals surface area contributed by atoms with Crippen LogP contribution in [-0.4, -0.2) is 11.0 Å². The molecule has 0 saturated heterocycles. The fraction of sp³-hybridized carbons (Fsp3) is 0.0833. The SMILES string of the molecule is NC(=O)Nc1cccc(NCc2ccc[nH]2)c1. The predicted octanol–water partition coefficient (Wildman–Crippen LogP) is 2.12. The Kier molecular flexibility index (Phi) is 3.30. The summed E-state index contributed by atoms with van der Waals surface area (Å²) >= 11 is 0. The van der Waals surface area contributed by atoms with Crippen LogP contribution in [0.3, 0.4) is 0 Å². The van der Waals surface area contributed by atoms with E-state index in [0.717, 1.165) is 11.4 Å². The predicted molar refractivity (Wildman–Crippen MR) is 67.8 cm³/mol. The van der Waals surface area contributed by atoms with E-state index in [1.54, 1.807) is 6.07 Å². The Morgan fingerprint density at radius 2 is 2.06 bits per heavy atom. The third-order valence-corrected chi connectivity index (χ3v) is 2.28. The highest BCUT2D eigenvalue weighted by atomic mass is 16.2. The van der Waals surface area contributed by atoms with Gasteiger partial charge in [-0.2, -0.15) is 0 Å². The molecule has 0 unspecified atom stereocenters. The van der Waals surface area contributed by atoms with Crippen molar-refractivity contribution in [2.75, 3.05) is 10.6 Å². The first-order valence-corrected chi connectivity index (χ1v) is 5.27. The summed E-state index contributed by atoms with van der Waals surface area (Å²) in [5.74, 6) is 0. The molecule has 0 radical (unpaired) electrons. The van der Waals surface area contributed by atoms with Gasteiger partial charge in [0.05, 0.1) is 6.54 Å².